The minimum absolute atomic E-state index is 0. The minimum atomic E-state index is 0. The number of unbranched alkanes of at least 4 members (excludes halogenated alkanes) is 3. The maximum atomic E-state index is 5.56. The molecule has 0 aromatic heterocycles. The molecule has 12 heavy (non-hydrogen) atoms. The molecule has 0 aliphatic carbocycles. The van der Waals surface area contributed by atoms with E-state index in [0.29, 0.717) is 0 Å². The molecule has 0 aliphatic rings. The van der Waals surface area contributed by atoms with E-state index in [1.165, 1.54) is 19.3 Å². The zero-order valence-electron chi connectivity index (χ0n) is 8.15. The average molecular weight is 184 g/mol. The number of hydrogen-bond acceptors (Lipinski definition) is 1. The quantitative estimate of drug-likeness (QED) is 0.469. The molecule has 0 N–H and O–H groups in total. The summed E-state index contributed by atoms with van der Waals surface area (Å²) in [5, 5.41) is 0. The molecule has 0 bridgehead atoms. The first-order valence-electron chi connectivity index (χ1n) is 4.49. The summed E-state index contributed by atoms with van der Waals surface area (Å²) in [6.45, 7) is 11.0. The molecular weight excluding hydrogens is 160 g/mol. The van der Waals surface area contributed by atoms with Gasteiger partial charge in [-0.15, -0.1) is 0 Å². The minimum Gasteiger partial charge on any atom is -0.376 e. The molecule has 0 saturated carbocycles. The second-order valence-corrected chi connectivity index (χ2v) is 3.88. The third-order valence-electron chi connectivity index (χ3n) is 1.43. The average Bonchev–Trinajstić information content (AvgIpc) is 1.85. The lowest BCUT2D eigenvalue weighted by Crippen LogP contribution is -2.19. The number of rotatable bonds is 5. The molecular formula is C10H23MgO. The van der Waals surface area contributed by atoms with Crippen LogP contribution < -0.4 is 0 Å². The van der Waals surface area contributed by atoms with Crippen LogP contribution in [0.5, 0.6) is 0 Å². The fourth-order valence-electron chi connectivity index (χ4n) is 0.834. The van der Waals surface area contributed by atoms with Gasteiger partial charge in [0.25, 0.3) is 0 Å². The molecule has 0 spiro atoms. The fraction of sp³-hybridized carbons (Fsp3) is 0.900. The molecule has 71 valence electrons. The summed E-state index contributed by atoms with van der Waals surface area (Å²) >= 11 is 0. The first-order chi connectivity index (χ1) is 5.06. The van der Waals surface area contributed by atoms with Crippen LogP contribution in [-0.2, 0) is 4.74 Å². The van der Waals surface area contributed by atoms with Crippen LogP contribution in [0.4, 0.5) is 0 Å². The van der Waals surface area contributed by atoms with Crippen LogP contribution in [0.15, 0.2) is 0 Å². The van der Waals surface area contributed by atoms with Crippen molar-refractivity contribution >= 4 is 23.1 Å². The SMILES string of the molecule is [CH2]CCCCCOC(C)(C)C.[MgH2]. The van der Waals surface area contributed by atoms with Crippen LogP contribution >= 0.6 is 0 Å². The monoisotopic (exact) mass is 183 g/mol. The van der Waals surface area contributed by atoms with Crippen molar-refractivity contribution in [3.05, 3.63) is 6.92 Å². The predicted octanol–water partition coefficient (Wildman–Crippen LogP) is 2.28. The van der Waals surface area contributed by atoms with Gasteiger partial charge in [0.1, 0.15) is 0 Å². The van der Waals surface area contributed by atoms with Gasteiger partial charge in [-0.3, -0.25) is 0 Å². The fourth-order valence-corrected chi connectivity index (χ4v) is 0.834. The van der Waals surface area contributed by atoms with E-state index in [0.717, 1.165) is 13.0 Å². The maximum Gasteiger partial charge on any atom is 0.316 e. The van der Waals surface area contributed by atoms with E-state index in [1.54, 1.807) is 0 Å². The third-order valence-corrected chi connectivity index (χ3v) is 1.43. The Morgan fingerprint density at radius 1 is 1.08 bits per heavy atom. The Morgan fingerprint density at radius 3 is 2.08 bits per heavy atom. The highest BCUT2D eigenvalue weighted by atomic mass is 24.3. The first kappa shape index (κ1) is 15.2. The number of ether oxygens (including phenoxy) is 1. The molecule has 0 atom stereocenters. The van der Waals surface area contributed by atoms with Gasteiger partial charge in [-0.25, -0.2) is 0 Å². The maximum absolute atomic E-state index is 5.56. The summed E-state index contributed by atoms with van der Waals surface area (Å²) in [6, 6.07) is 0. The zero-order chi connectivity index (χ0) is 8.74. The highest BCUT2D eigenvalue weighted by Gasteiger charge is 2.08. The van der Waals surface area contributed by atoms with Crippen molar-refractivity contribution in [2.75, 3.05) is 6.61 Å². The number of hydrogen-bond donors (Lipinski definition) is 0. The van der Waals surface area contributed by atoms with Gasteiger partial charge in [0, 0.05) is 6.61 Å². The Kier molecular flexibility index (Phi) is 10.6. The van der Waals surface area contributed by atoms with Crippen LogP contribution in [0.1, 0.15) is 46.5 Å². The van der Waals surface area contributed by atoms with E-state index in [4.69, 9.17) is 4.74 Å². The molecule has 0 fully saturated rings. The topological polar surface area (TPSA) is 9.23 Å². The third kappa shape index (κ3) is 13.3. The second-order valence-electron chi connectivity index (χ2n) is 3.88. The van der Waals surface area contributed by atoms with Crippen molar-refractivity contribution in [3.63, 3.8) is 0 Å². The smallest absolute Gasteiger partial charge is 0.316 e. The molecule has 0 aromatic carbocycles. The highest BCUT2D eigenvalue weighted by molar-refractivity contribution is 5.75. The van der Waals surface area contributed by atoms with Gasteiger partial charge in [-0.2, -0.15) is 0 Å². The van der Waals surface area contributed by atoms with Gasteiger partial charge < -0.3 is 4.74 Å². The van der Waals surface area contributed by atoms with Crippen molar-refractivity contribution in [3.8, 4) is 0 Å². The first-order valence-corrected chi connectivity index (χ1v) is 4.49. The summed E-state index contributed by atoms with van der Waals surface area (Å²) in [4.78, 5) is 0. The van der Waals surface area contributed by atoms with Crippen LogP contribution in [-0.4, -0.2) is 35.3 Å². The van der Waals surface area contributed by atoms with Crippen LogP contribution in [0.3, 0.4) is 0 Å². The molecule has 0 heterocycles. The lowest BCUT2D eigenvalue weighted by Gasteiger charge is -2.19. The van der Waals surface area contributed by atoms with Gasteiger partial charge in [0.15, 0.2) is 0 Å². The van der Waals surface area contributed by atoms with Crippen molar-refractivity contribution in [2.45, 2.75) is 52.1 Å². The molecule has 0 unspecified atom stereocenters. The van der Waals surface area contributed by atoms with E-state index in [9.17, 15) is 0 Å². The summed E-state index contributed by atoms with van der Waals surface area (Å²) in [5.41, 5.74) is 0.0322. The standard InChI is InChI=1S/C10H21O.Mg.2H/c1-5-6-7-8-9-11-10(2,3)4;;;/h1,5-9H2,2-4H3;;;. The van der Waals surface area contributed by atoms with E-state index >= 15 is 0 Å². The summed E-state index contributed by atoms with van der Waals surface area (Å²) in [6.07, 6.45) is 4.70. The van der Waals surface area contributed by atoms with Crippen molar-refractivity contribution in [2.24, 2.45) is 0 Å². The Labute approximate surface area is 93.4 Å². The molecule has 0 amide bonds. The molecule has 0 rings (SSSR count). The zero-order valence-corrected chi connectivity index (χ0v) is 8.15. The lowest BCUT2D eigenvalue weighted by atomic mass is 10.2. The van der Waals surface area contributed by atoms with Gasteiger partial charge in [0.2, 0.25) is 0 Å². The molecule has 0 aliphatic heterocycles. The molecule has 1 radical (unpaired) electrons. The summed E-state index contributed by atoms with van der Waals surface area (Å²) < 4.78 is 5.56. The Bertz CT molecular complexity index is 86.3. The highest BCUT2D eigenvalue weighted by Crippen LogP contribution is 2.08. The van der Waals surface area contributed by atoms with Crippen LogP contribution in [0.25, 0.3) is 0 Å². The largest absolute Gasteiger partial charge is 0.376 e. The van der Waals surface area contributed by atoms with Gasteiger partial charge in [0.05, 0.1) is 5.60 Å². The lowest BCUT2D eigenvalue weighted by molar-refractivity contribution is -0.00468. The van der Waals surface area contributed by atoms with E-state index < -0.39 is 0 Å². The Balaban J connectivity index is 0. The van der Waals surface area contributed by atoms with Crippen molar-refractivity contribution < 1.29 is 4.74 Å². The Morgan fingerprint density at radius 2 is 1.67 bits per heavy atom. The van der Waals surface area contributed by atoms with E-state index in [1.807, 2.05) is 0 Å². The molecule has 2 heteroatoms. The second kappa shape index (κ2) is 8.33. The van der Waals surface area contributed by atoms with Gasteiger partial charge in [-0.1, -0.05) is 26.2 Å². The molecule has 1 nitrogen and oxygen atoms in total. The van der Waals surface area contributed by atoms with Gasteiger partial charge >= 0.3 is 23.1 Å². The van der Waals surface area contributed by atoms with Crippen molar-refractivity contribution in [1.82, 2.24) is 0 Å². The van der Waals surface area contributed by atoms with E-state index in [-0.39, 0.29) is 28.7 Å². The molecule has 0 aromatic rings. The summed E-state index contributed by atoms with van der Waals surface area (Å²) in [7, 11) is 0. The Hall–Kier alpha value is 0.726. The normalized spacial score (nSPS) is 11.0. The predicted molar refractivity (Wildman–Crippen MR) is 58.1 cm³/mol. The van der Waals surface area contributed by atoms with Crippen molar-refractivity contribution in [1.29, 1.82) is 0 Å². The van der Waals surface area contributed by atoms with E-state index in [2.05, 4.69) is 27.7 Å². The van der Waals surface area contributed by atoms with Crippen LogP contribution in [0, 0.1) is 6.92 Å². The van der Waals surface area contributed by atoms with Crippen LogP contribution in [0.2, 0.25) is 0 Å². The summed E-state index contributed by atoms with van der Waals surface area (Å²) in [5.74, 6) is 0. The van der Waals surface area contributed by atoms with Gasteiger partial charge in [-0.05, 0) is 27.2 Å². The molecule has 0 saturated heterocycles.